The van der Waals surface area contributed by atoms with Crippen LogP contribution < -0.4 is 4.72 Å². The van der Waals surface area contributed by atoms with Gasteiger partial charge in [-0.15, -0.1) is 22.0 Å². The van der Waals surface area contributed by atoms with Gasteiger partial charge < -0.3 is 9.40 Å². The molecule has 4 rings (SSSR count). The fourth-order valence-electron chi connectivity index (χ4n) is 3.43. The molecule has 2 heterocycles. The Morgan fingerprint density at radius 2 is 1.93 bits per heavy atom. The van der Waals surface area contributed by atoms with E-state index in [-0.39, 0.29) is 16.7 Å². The van der Waals surface area contributed by atoms with Gasteiger partial charge >= 0.3 is 0 Å². The second kappa shape index (κ2) is 7.29. The van der Waals surface area contributed by atoms with Gasteiger partial charge in [0.05, 0.1) is 11.3 Å². The zero-order chi connectivity index (χ0) is 19.9. The van der Waals surface area contributed by atoms with E-state index in [0.717, 1.165) is 24.2 Å². The van der Waals surface area contributed by atoms with E-state index in [2.05, 4.69) is 19.9 Å². The lowest BCUT2D eigenvalue weighted by molar-refractivity contribution is 0.338. The zero-order valence-corrected chi connectivity index (χ0v) is 17.6. The van der Waals surface area contributed by atoms with Crippen LogP contribution in [0.4, 0.5) is 5.69 Å². The molecule has 0 atom stereocenters. The van der Waals surface area contributed by atoms with Gasteiger partial charge in [-0.25, -0.2) is 8.42 Å². The highest BCUT2D eigenvalue weighted by Crippen LogP contribution is 2.39. The quantitative estimate of drug-likeness (QED) is 0.573. The van der Waals surface area contributed by atoms with Crippen molar-refractivity contribution in [3.63, 3.8) is 0 Å². The van der Waals surface area contributed by atoms with Crippen LogP contribution in [0.2, 0.25) is 0 Å². The number of nitrogens with one attached hydrogen (secondary N) is 2. The Balaban J connectivity index is 1.76. The number of nitrogens with zero attached hydrogens (tertiary/aromatic N) is 2. The van der Waals surface area contributed by atoms with Crippen LogP contribution in [0.3, 0.4) is 0 Å². The average molecular weight is 419 g/mol. The van der Waals surface area contributed by atoms with Crippen LogP contribution in [0.15, 0.2) is 38.5 Å². The number of H-pyrrole nitrogens is 1. The molecule has 0 aliphatic heterocycles. The van der Waals surface area contributed by atoms with E-state index in [0.29, 0.717) is 28.5 Å². The first-order valence-corrected chi connectivity index (χ1v) is 11.8. The molecule has 148 valence electrons. The highest BCUT2D eigenvalue weighted by atomic mass is 32.2. The molecule has 3 aromatic rings. The second-order valence-electron chi connectivity index (χ2n) is 6.96. The van der Waals surface area contributed by atoms with E-state index in [1.54, 1.807) is 19.1 Å². The first-order chi connectivity index (χ1) is 13.4. The third-order valence-electron chi connectivity index (χ3n) is 5.05. The Kier molecular flexibility index (Phi) is 4.96. The molecule has 9 heteroatoms. The molecule has 0 amide bonds. The third kappa shape index (κ3) is 3.33. The lowest BCUT2D eigenvalue weighted by atomic mass is 9.85. The molecule has 0 radical (unpaired) electrons. The number of para-hydroxylation sites is 1. The molecular weight excluding hydrogens is 396 g/mol. The minimum absolute atomic E-state index is 0.143. The molecular formula is C19H22N4O3S2. The Bertz CT molecular complexity index is 1110. The molecule has 2 aromatic heterocycles. The smallest absolute Gasteiger partial charge is 0.264 e. The number of hydrogen-bond donors (Lipinski definition) is 2. The molecule has 0 unspecified atom stereocenters. The lowest BCUT2D eigenvalue weighted by Gasteiger charge is -2.20. The third-order valence-corrected chi connectivity index (χ3v) is 7.38. The van der Waals surface area contributed by atoms with Crippen molar-refractivity contribution in [2.75, 3.05) is 11.0 Å². The highest BCUT2D eigenvalue weighted by Gasteiger charge is 2.31. The number of aromatic amines is 1. The zero-order valence-electron chi connectivity index (χ0n) is 15.9. The summed E-state index contributed by atoms with van der Waals surface area (Å²) >= 11 is 1.48. The van der Waals surface area contributed by atoms with Crippen molar-refractivity contribution in [3.8, 4) is 11.5 Å². The van der Waals surface area contributed by atoms with E-state index in [1.165, 1.54) is 11.8 Å². The number of aryl methyl sites for hydroxylation is 2. The Morgan fingerprint density at radius 1 is 1.18 bits per heavy atom. The number of aromatic nitrogens is 3. The summed E-state index contributed by atoms with van der Waals surface area (Å²) in [6.45, 7) is 3.54. The predicted octanol–water partition coefficient (Wildman–Crippen LogP) is 4.47. The van der Waals surface area contributed by atoms with E-state index in [4.69, 9.17) is 4.42 Å². The molecule has 1 saturated carbocycles. The van der Waals surface area contributed by atoms with Crippen LogP contribution in [0.25, 0.3) is 11.5 Å². The molecule has 1 aromatic carbocycles. The fraction of sp³-hybridized carbons (Fsp3) is 0.368. The number of sulfonamides is 1. The van der Waals surface area contributed by atoms with E-state index >= 15 is 0 Å². The van der Waals surface area contributed by atoms with E-state index in [1.807, 2.05) is 25.3 Å². The highest BCUT2D eigenvalue weighted by molar-refractivity contribution is 7.99. The first-order valence-electron chi connectivity index (χ1n) is 9.09. The number of thioether (sulfide) groups is 1. The first kappa shape index (κ1) is 19.1. The van der Waals surface area contributed by atoms with Crippen LogP contribution >= 0.6 is 11.8 Å². The predicted molar refractivity (Wildman–Crippen MR) is 109 cm³/mol. The summed E-state index contributed by atoms with van der Waals surface area (Å²) in [5.41, 5.74) is 2.19. The summed E-state index contributed by atoms with van der Waals surface area (Å²) in [5, 5.41) is 8.30. The van der Waals surface area contributed by atoms with Gasteiger partial charge in [-0.1, -0.05) is 18.6 Å². The molecule has 28 heavy (non-hydrogen) atoms. The normalized spacial score (nSPS) is 14.8. The Labute approximate surface area is 168 Å². The van der Waals surface area contributed by atoms with Crippen molar-refractivity contribution >= 4 is 27.5 Å². The van der Waals surface area contributed by atoms with Crippen LogP contribution in [-0.2, 0) is 10.0 Å². The second-order valence-corrected chi connectivity index (χ2v) is 9.43. The Hall–Kier alpha value is -2.26. The van der Waals surface area contributed by atoms with Crippen molar-refractivity contribution in [1.29, 1.82) is 0 Å². The lowest BCUT2D eigenvalue weighted by Crippen LogP contribution is -2.15. The fourth-order valence-corrected chi connectivity index (χ4v) is 5.58. The Morgan fingerprint density at radius 3 is 2.61 bits per heavy atom. The van der Waals surface area contributed by atoms with Crippen molar-refractivity contribution in [2.24, 2.45) is 0 Å². The number of rotatable bonds is 6. The maximum Gasteiger partial charge on any atom is 0.264 e. The van der Waals surface area contributed by atoms with Crippen LogP contribution in [0.1, 0.15) is 42.5 Å². The number of hydrogen-bond acceptors (Lipinski definition) is 6. The van der Waals surface area contributed by atoms with Gasteiger partial charge in [-0.05, 0) is 45.1 Å². The van der Waals surface area contributed by atoms with Crippen molar-refractivity contribution in [1.82, 2.24) is 15.2 Å². The maximum atomic E-state index is 13.3. The number of anilines is 1. The van der Waals surface area contributed by atoms with Crippen LogP contribution in [-0.4, -0.2) is 29.9 Å². The molecule has 1 aliphatic carbocycles. The molecule has 0 spiro atoms. The summed E-state index contributed by atoms with van der Waals surface area (Å²) in [7, 11) is -3.86. The van der Waals surface area contributed by atoms with Crippen molar-refractivity contribution < 1.29 is 12.8 Å². The van der Waals surface area contributed by atoms with Gasteiger partial charge in [0.25, 0.3) is 15.9 Å². The summed E-state index contributed by atoms with van der Waals surface area (Å²) < 4.78 is 35.1. The minimum atomic E-state index is -3.86. The van der Waals surface area contributed by atoms with Gasteiger partial charge in [-0.3, -0.25) is 4.72 Å². The molecule has 1 fully saturated rings. The van der Waals surface area contributed by atoms with Gasteiger partial charge in [0.2, 0.25) is 5.89 Å². The number of benzene rings is 1. The molecule has 2 N–H and O–H groups in total. The molecule has 1 aliphatic rings. The molecule has 0 bridgehead atoms. The summed E-state index contributed by atoms with van der Waals surface area (Å²) in [6, 6.07) is 7.30. The maximum absolute atomic E-state index is 13.3. The standard InChI is InChI=1S/C19H22N4O3S2/c1-11-16(19-22-21-18(26-19)13-7-6-8-13)17(12(2)20-11)28(24,25)23-14-9-4-5-10-15(14)27-3/h4-5,9-10,13,20,23H,6-8H2,1-3H3. The molecule has 0 saturated heterocycles. The minimum Gasteiger partial charge on any atom is -0.420 e. The van der Waals surface area contributed by atoms with Gasteiger partial charge in [0.15, 0.2) is 0 Å². The largest absolute Gasteiger partial charge is 0.420 e. The summed E-state index contributed by atoms with van der Waals surface area (Å²) in [4.78, 5) is 4.10. The van der Waals surface area contributed by atoms with Gasteiger partial charge in [0.1, 0.15) is 4.90 Å². The van der Waals surface area contributed by atoms with Crippen molar-refractivity contribution in [3.05, 3.63) is 41.5 Å². The topological polar surface area (TPSA) is 101 Å². The van der Waals surface area contributed by atoms with E-state index < -0.39 is 10.0 Å². The van der Waals surface area contributed by atoms with Gasteiger partial charge in [-0.2, -0.15) is 0 Å². The van der Waals surface area contributed by atoms with Crippen LogP contribution in [0, 0.1) is 13.8 Å². The van der Waals surface area contributed by atoms with Gasteiger partial charge in [0, 0.05) is 22.2 Å². The average Bonchev–Trinajstić information content (AvgIpc) is 3.17. The summed E-state index contributed by atoms with van der Waals surface area (Å²) in [6.07, 6.45) is 5.13. The SMILES string of the molecule is CSc1ccccc1NS(=O)(=O)c1c(C)[nH]c(C)c1-c1nnc(C2CCC2)o1. The summed E-state index contributed by atoms with van der Waals surface area (Å²) in [5.74, 6) is 1.11. The monoisotopic (exact) mass is 418 g/mol. The van der Waals surface area contributed by atoms with E-state index in [9.17, 15) is 8.42 Å². The van der Waals surface area contributed by atoms with Crippen LogP contribution in [0.5, 0.6) is 0 Å². The molecule has 7 nitrogen and oxygen atoms in total. The van der Waals surface area contributed by atoms with Crippen molar-refractivity contribution in [2.45, 2.75) is 48.8 Å².